The Morgan fingerprint density at radius 3 is 2.88 bits per heavy atom. The van der Waals surface area contributed by atoms with Crippen molar-refractivity contribution in [1.29, 1.82) is 0 Å². The van der Waals surface area contributed by atoms with Crippen molar-refractivity contribution in [3.8, 4) is 0 Å². The molecular formula is C20H30N4O2. The third-order valence-electron chi connectivity index (χ3n) is 5.37. The molecule has 2 aliphatic rings. The molecule has 142 valence electrons. The number of carbonyl (C=O) groups is 1. The van der Waals surface area contributed by atoms with Crippen molar-refractivity contribution in [2.45, 2.75) is 52.0 Å². The minimum atomic E-state index is 0.0937. The molecular weight excluding hydrogens is 328 g/mol. The lowest BCUT2D eigenvalue weighted by molar-refractivity contribution is -0.126. The number of allylic oxidation sites excluding steroid dienone is 1. The van der Waals surface area contributed by atoms with Gasteiger partial charge in [0.25, 0.3) is 0 Å². The van der Waals surface area contributed by atoms with Crippen LogP contribution >= 0.6 is 0 Å². The number of hydrogen-bond donors (Lipinski definition) is 1. The van der Waals surface area contributed by atoms with Crippen LogP contribution in [0.1, 0.15) is 44.4 Å². The standard InChI is InChI=1S/C20H30N4O2/c1-14(2)11-19(25)24-9-7-16-18(8-10-24)21-13-22-20(16)23-17-6-4-5-15(17)12-26-3/h11,13,15,17H,4-10,12H2,1-3H3,(H,21,22,23)/t15-,17-/m1/s1. The van der Waals surface area contributed by atoms with E-state index in [0.717, 1.165) is 43.0 Å². The molecule has 0 aromatic carbocycles. The molecule has 0 unspecified atom stereocenters. The van der Waals surface area contributed by atoms with Crippen LogP contribution in [0.4, 0.5) is 5.82 Å². The molecule has 1 aromatic rings. The Kier molecular flexibility index (Phi) is 6.25. The molecule has 6 heteroatoms. The molecule has 0 radical (unpaired) electrons. The average Bonchev–Trinajstić information content (AvgIpc) is 2.90. The van der Waals surface area contributed by atoms with E-state index in [1.54, 1.807) is 19.5 Å². The van der Waals surface area contributed by atoms with Gasteiger partial charge in [-0.05, 0) is 33.1 Å². The fourth-order valence-electron chi connectivity index (χ4n) is 4.03. The molecule has 26 heavy (non-hydrogen) atoms. The topological polar surface area (TPSA) is 67.3 Å². The van der Waals surface area contributed by atoms with Gasteiger partial charge in [0, 0.05) is 50.2 Å². The van der Waals surface area contributed by atoms with Crippen LogP contribution in [0.5, 0.6) is 0 Å². The number of methoxy groups -OCH3 is 1. The van der Waals surface area contributed by atoms with E-state index in [1.807, 2.05) is 18.7 Å². The molecule has 0 bridgehead atoms. The number of anilines is 1. The third kappa shape index (κ3) is 4.41. The Hall–Kier alpha value is -1.95. The highest BCUT2D eigenvalue weighted by Gasteiger charge is 2.29. The first-order valence-electron chi connectivity index (χ1n) is 9.60. The summed E-state index contributed by atoms with van der Waals surface area (Å²) in [4.78, 5) is 23.3. The average molecular weight is 358 g/mol. The maximum atomic E-state index is 12.4. The SMILES string of the molecule is COC[C@H]1CCC[C@H]1Nc1ncnc2c1CCN(C(=O)C=C(C)C)CC2. The van der Waals surface area contributed by atoms with Crippen molar-refractivity contribution >= 4 is 11.7 Å². The lowest BCUT2D eigenvalue weighted by Crippen LogP contribution is -2.32. The highest BCUT2D eigenvalue weighted by Crippen LogP contribution is 2.30. The van der Waals surface area contributed by atoms with E-state index in [4.69, 9.17) is 4.74 Å². The summed E-state index contributed by atoms with van der Waals surface area (Å²) in [5.41, 5.74) is 3.27. The highest BCUT2D eigenvalue weighted by molar-refractivity contribution is 5.88. The van der Waals surface area contributed by atoms with Gasteiger partial charge < -0.3 is 15.0 Å². The minimum Gasteiger partial charge on any atom is -0.384 e. The molecule has 3 rings (SSSR count). The minimum absolute atomic E-state index is 0.0937. The maximum absolute atomic E-state index is 12.4. The zero-order chi connectivity index (χ0) is 18.5. The third-order valence-corrected chi connectivity index (χ3v) is 5.37. The Morgan fingerprint density at radius 2 is 2.12 bits per heavy atom. The van der Waals surface area contributed by atoms with Crippen LogP contribution in [0.2, 0.25) is 0 Å². The zero-order valence-corrected chi connectivity index (χ0v) is 16.1. The predicted octanol–water partition coefficient (Wildman–Crippen LogP) is 2.60. The summed E-state index contributed by atoms with van der Waals surface area (Å²) in [5.74, 6) is 1.57. The van der Waals surface area contributed by atoms with Crippen molar-refractivity contribution in [2.24, 2.45) is 5.92 Å². The van der Waals surface area contributed by atoms with E-state index in [-0.39, 0.29) is 5.91 Å². The van der Waals surface area contributed by atoms with Gasteiger partial charge in [0.15, 0.2) is 0 Å². The first-order valence-corrected chi connectivity index (χ1v) is 9.60. The van der Waals surface area contributed by atoms with Gasteiger partial charge in [0.05, 0.1) is 12.3 Å². The molecule has 6 nitrogen and oxygen atoms in total. The molecule has 1 aliphatic heterocycles. The van der Waals surface area contributed by atoms with Crippen molar-refractivity contribution in [2.75, 3.05) is 32.1 Å². The van der Waals surface area contributed by atoms with Gasteiger partial charge in [0.1, 0.15) is 12.1 Å². The van der Waals surface area contributed by atoms with Crippen LogP contribution in [0, 0.1) is 5.92 Å². The van der Waals surface area contributed by atoms with Gasteiger partial charge in [-0.25, -0.2) is 9.97 Å². The summed E-state index contributed by atoms with van der Waals surface area (Å²) in [6.07, 6.45) is 8.51. The number of carbonyl (C=O) groups excluding carboxylic acids is 1. The Bertz CT molecular complexity index is 670. The monoisotopic (exact) mass is 358 g/mol. The molecule has 1 fully saturated rings. The largest absolute Gasteiger partial charge is 0.384 e. The van der Waals surface area contributed by atoms with Gasteiger partial charge in [-0.2, -0.15) is 0 Å². The smallest absolute Gasteiger partial charge is 0.246 e. The van der Waals surface area contributed by atoms with Crippen LogP contribution < -0.4 is 5.32 Å². The van der Waals surface area contributed by atoms with Crippen LogP contribution in [-0.4, -0.2) is 53.6 Å². The molecule has 1 saturated carbocycles. The highest BCUT2D eigenvalue weighted by atomic mass is 16.5. The summed E-state index contributed by atoms with van der Waals surface area (Å²) >= 11 is 0. The van der Waals surface area contributed by atoms with E-state index < -0.39 is 0 Å². The van der Waals surface area contributed by atoms with Crippen LogP contribution in [0.3, 0.4) is 0 Å². The summed E-state index contributed by atoms with van der Waals surface area (Å²) in [5, 5.41) is 3.66. The fraction of sp³-hybridized carbons (Fsp3) is 0.650. The Morgan fingerprint density at radius 1 is 1.31 bits per heavy atom. The lowest BCUT2D eigenvalue weighted by Gasteiger charge is -2.22. The molecule has 1 aliphatic carbocycles. The lowest BCUT2D eigenvalue weighted by atomic mass is 10.0. The Balaban J connectivity index is 1.73. The number of hydrogen-bond acceptors (Lipinski definition) is 5. The first-order chi connectivity index (χ1) is 12.6. The Labute approximate surface area is 156 Å². The number of ether oxygens (including phenoxy) is 1. The predicted molar refractivity (Wildman–Crippen MR) is 102 cm³/mol. The van der Waals surface area contributed by atoms with Crippen molar-refractivity contribution < 1.29 is 9.53 Å². The quantitative estimate of drug-likeness (QED) is 0.820. The van der Waals surface area contributed by atoms with Gasteiger partial charge in [-0.15, -0.1) is 0 Å². The maximum Gasteiger partial charge on any atom is 0.246 e. The zero-order valence-electron chi connectivity index (χ0n) is 16.1. The van der Waals surface area contributed by atoms with E-state index in [2.05, 4.69) is 15.3 Å². The summed E-state index contributed by atoms with van der Waals surface area (Å²) in [6.45, 7) is 6.12. The number of aromatic nitrogens is 2. The fourth-order valence-corrected chi connectivity index (χ4v) is 4.03. The summed E-state index contributed by atoms with van der Waals surface area (Å²) < 4.78 is 5.38. The van der Waals surface area contributed by atoms with E-state index in [1.165, 1.54) is 18.4 Å². The van der Waals surface area contributed by atoms with Crippen LogP contribution in [-0.2, 0) is 22.4 Å². The van der Waals surface area contributed by atoms with Gasteiger partial charge in [-0.3, -0.25) is 4.79 Å². The van der Waals surface area contributed by atoms with Gasteiger partial charge in [-0.1, -0.05) is 12.0 Å². The summed E-state index contributed by atoms with van der Waals surface area (Å²) in [7, 11) is 1.77. The second kappa shape index (κ2) is 8.62. The van der Waals surface area contributed by atoms with Crippen LogP contribution in [0.25, 0.3) is 0 Å². The number of amides is 1. The van der Waals surface area contributed by atoms with Crippen molar-refractivity contribution in [3.63, 3.8) is 0 Å². The van der Waals surface area contributed by atoms with Crippen molar-refractivity contribution in [1.82, 2.24) is 14.9 Å². The second-order valence-electron chi connectivity index (χ2n) is 7.59. The van der Waals surface area contributed by atoms with Crippen LogP contribution in [0.15, 0.2) is 18.0 Å². The summed E-state index contributed by atoms with van der Waals surface area (Å²) in [6, 6.07) is 0.403. The number of fused-ring (bicyclic) bond motifs is 1. The van der Waals surface area contributed by atoms with Gasteiger partial charge >= 0.3 is 0 Å². The molecule has 0 saturated heterocycles. The number of nitrogens with one attached hydrogen (secondary N) is 1. The molecule has 0 spiro atoms. The van der Waals surface area contributed by atoms with Gasteiger partial charge in [0.2, 0.25) is 5.91 Å². The molecule has 1 aromatic heterocycles. The molecule has 2 heterocycles. The number of rotatable bonds is 5. The normalized spacial score (nSPS) is 22.5. The number of nitrogens with zero attached hydrogens (tertiary/aromatic N) is 3. The second-order valence-corrected chi connectivity index (χ2v) is 7.59. The first kappa shape index (κ1) is 18.8. The molecule has 1 amide bonds. The molecule has 2 atom stereocenters. The van der Waals surface area contributed by atoms with E-state index in [0.29, 0.717) is 25.0 Å². The van der Waals surface area contributed by atoms with E-state index >= 15 is 0 Å². The molecule has 1 N–H and O–H groups in total. The van der Waals surface area contributed by atoms with Crippen molar-refractivity contribution in [3.05, 3.63) is 29.2 Å². The van der Waals surface area contributed by atoms with E-state index in [9.17, 15) is 4.79 Å².